The Hall–Kier alpha value is -3.08. The van der Waals surface area contributed by atoms with Gasteiger partial charge in [-0.1, -0.05) is 17.3 Å². The molecule has 0 aliphatic rings. The average molecular weight is 474 g/mol. The summed E-state index contributed by atoms with van der Waals surface area (Å²) in [6, 6.07) is 14.5. The van der Waals surface area contributed by atoms with E-state index in [1.165, 1.54) is 29.5 Å². The molecule has 0 spiro atoms. The minimum atomic E-state index is -3.75. The molecule has 7 nitrogen and oxygen atoms in total. The van der Waals surface area contributed by atoms with Crippen LogP contribution in [0.3, 0.4) is 0 Å². The highest BCUT2D eigenvalue weighted by Crippen LogP contribution is 2.33. The Morgan fingerprint density at radius 3 is 2.53 bits per heavy atom. The van der Waals surface area contributed by atoms with Gasteiger partial charge in [0, 0.05) is 17.0 Å². The van der Waals surface area contributed by atoms with Crippen LogP contribution in [0.1, 0.15) is 17.4 Å². The lowest BCUT2D eigenvalue weighted by Gasteiger charge is -2.07. The number of halogens is 1. The Labute approximate surface area is 188 Å². The zero-order valence-electron chi connectivity index (χ0n) is 17.3. The number of hydrogen-bond donors (Lipinski definition) is 1. The maximum Gasteiger partial charge on any atom is 0.268 e. The topological polar surface area (TPSA) is 94.3 Å². The van der Waals surface area contributed by atoms with Gasteiger partial charge in [-0.05, 0) is 61.9 Å². The number of nitrogens with one attached hydrogen (secondary N) is 1. The first-order valence-electron chi connectivity index (χ1n) is 9.77. The Kier molecular flexibility index (Phi) is 6.35. The Morgan fingerprint density at radius 2 is 1.84 bits per heavy atom. The molecule has 0 fully saturated rings. The fourth-order valence-corrected chi connectivity index (χ4v) is 5.53. The monoisotopic (exact) mass is 473 g/mol. The van der Waals surface area contributed by atoms with Crippen molar-refractivity contribution in [3.8, 4) is 27.9 Å². The molecule has 0 aliphatic heterocycles. The van der Waals surface area contributed by atoms with Crippen molar-refractivity contribution in [1.82, 2.24) is 14.9 Å². The molecule has 0 saturated carbocycles. The van der Waals surface area contributed by atoms with E-state index in [1.807, 2.05) is 19.1 Å². The molecular weight excluding hydrogens is 453 g/mol. The predicted octanol–water partition coefficient (Wildman–Crippen LogP) is 4.79. The van der Waals surface area contributed by atoms with Crippen LogP contribution in [0.15, 0.2) is 64.0 Å². The van der Waals surface area contributed by atoms with E-state index >= 15 is 0 Å². The Morgan fingerprint density at radius 1 is 1.12 bits per heavy atom. The molecule has 166 valence electrons. The molecule has 0 radical (unpaired) electrons. The Bertz CT molecular complexity index is 1310. The summed E-state index contributed by atoms with van der Waals surface area (Å²) < 4.78 is 52.2. The normalized spacial score (nSPS) is 11.6. The lowest BCUT2D eigenvalue weighted by molar-refractivity contribution is 0.340. The number of benzene rings is 2. The molecule has 2 aromatic carbocycles. The quantitative estimate of drug-likeness (QED) is 0.395. The maximum atomic E-state index is 13.1. The van der Waals surface area contributed by atoms with E-state index in [1.54, 1.807) is 31.2 Å². The average Bonchev–Trinajstić information content (AvgIpc) is 3.41. The highest BCUT2D eigenvalue weighted by Gasteiger charge is 2.23. The van der Waals surface area contributed by atoms with Crippen molar-refractivity contribution >= 4 is 21.4 Å². The van der Waals surface area contributed by atoms with Gasteiger partial charge in [-0.15, -0.1) is 11.3 Å². The van der Waals surface area contributed by atoms with Crippen LogP contribution in [0.4, 0.5) is 4.39 Å². The van der Waals surface area contributed by atoms with Gasteiger partial charge in [0.15, 0.2) is 0 Å². The summed E-state index contributed by atoms with van der Waals surface area (Å²) in [5.41, 5.74) is 1.41. The van der Waals surface area contributed by atoms with Crippen molar-refractivity contribution in [1.29, 1.82) is 0 Å². The molecule has 0 aliphatic carbocycles. The molecule has 0 atom stereocenters. The molecule has 0 saturated heterocycles. The smallest absolute Gasteiger partial charge is 0.268 e. The number of ether oxygens (including phenoxy) is 1. The van der Waals surface area contributed by atoms with Crippen LogP contribution in [0.25, 0.3) is 22.2 Å². The molecule has 0 amide bonds. The predicted molar refractivity (Wildman–Crippen MR) is 119 cm³/mol. The summed E-state index contributed by atoms with van der Waals surface area (Å²) in [4.78, 5) is 5.60. The van der Waals surface area contributed by atoms with Crippen molar-refractivity contribution in [2.75, 3.05) is 6.61 Å². The summed E-state index contributed by atoms with van der Waals surface area (Å²) in [6.45, 7) is 4.33. The fraction of sp³-hybridized carbons (Fsp3) is 0.182. The van der Waals surface area contributed by atoms with E-state index in [2.05, 4.69) is 14.9 Å². The third kappa shape index (κ3) is 4.87. The van der Waals surface area contributed by atoms with Gasteiger partial charge in [0.25, 0.3) is 5.89 Å². The van der Waals surface area contributed by atoms with E-state index in [0.29, 0.717) is 27.7 Å². The molecular formula is C22H20FN3O4S2. The maximum absolute atomic E-state index is 13.1. The van der Waals surface area contributed by atoms with Crippen LogP contribution in [-0.2, 0) is 16.6 Å². The number of aryl methyl sites for hydroxylation is 1. The van der Waals surface area contributed by atoms with Gasteiger partial charge >= 0.3 is 0 Å². The van der Waals surface area contributed by atoms with Gasteiger partial charge in [-0.3, -0.25) is 0 Å². The Balaban J connectivity index is 1.50. The third-order valence-corrected chi connectivity index (χ3v) is 7.30. The highest BCUT2D eigenvalue weighted by atomic mass is 32.2. The van der Waals surface area contributed by atoms with Crippen LogP contribution in [-0.4, -0.2) is 25.2 Å². The van der Waals surface area contributed by atoms with Gasteiger partial charge in [-0.2, -0.15) is 4.98 Å². The van der Waals surface area contributed by atoms with Crippen molar-refractivity contribution < 1.29 is 22.1 Å². The van der Waals surface area contributed by atoms with Crippen molar-refractivity contribution in [2.24, 2.45) is 0 Å². The number of nitrogens with zero attached hydrogens (tertiary/aromatic N) is 2. The molecule has 4 rings (SSSR count). The first-order chi connectivity index (χ1) is 15.4. The number of aromatic nitrogens is 2. The first kappa shape index (κ1) is 22.1. The second-order valence-electron chi connectivity index (χ2n) is 6.86. The third-order valence-electron chi connectivity index (χ3n) is 4.60. The number of thiophene rings is 1. The number of hydrogen-bond acceptors (Lipinski definition) is 7. The first-order valence-corrected chi connectivity index (χ1v) is 12.1. The minimum absolute atomic E-state index is 0.147. The zero-order valence-corrected chi connectivity index (χ0v) is 19.0. The van der Waals surface area contributed by atoms with Crippen LogP contribution < -0.4 is 9.46 Å². The SMILES string of the molecule is CCOc1ccc(CNS(=O)(=O)c2cc(-c3nc(-c4ccc(F)cc4)no3)sc2C)cc1. The van der Waals surface area contributed by atoms with Gasteiger partial charge in [0.1, 0.15) is 11.6 Å². The van der Waals surface area contributed by atoms with Crippen LogP contribution >= 0.6 is 11.3 Å². The van der Waals surface area contributed by atoms with E-state index in [4.69, 9.17) is 9.26 Å². The van der Waals surface area contributed by atoms with Crippen LogP contribution in [0, 0.1) is 12.7 Å². The van der Waals surface area contributed by atoms with E-state index < -0.39 is 10.0 Å². The summed E-state index contributed by atoms with van der Waals surface area (Å²) in [5, 5.41) is 3.91. The molecule has 32 heavy (non-hydrogen) atoms. The molecule has 10 heteroatoms. The summed E-state index contributed by atoms with van der Waals surface area (Å²) >= 11 is 1.24. The van der Waals surface area contributed by atoms with Gasteiger partial charge in [0.05, 0.1) is 16.4 Å². The van der Waals surface area contributed by atoms with E-state index in [9.17, 15) is 12.8 Å². The molecule has 0 bridgehead atoms. The minimum Gasteiger partial charge on any atom is -0.494 e. The second-order valence-corrected chi connectivity index (χ2v) is 9.85. The van der Waals surface area contributed by atoms with Crippen molar-refractivity contribution in [2.45, 2.75) is 25.3 Å². The van der Waals surface area contributed by atoms with Crippen LogP contribution in [0.2, 0.25) is 0 Å². The van der Waals surface area contributed by atoms with Crippen LogP contribution in [0.5, 0.6) is 5.75 Å². The molecule has 2 heterocycles. The molecule has 4 aromatic rings. The zero-order chi connectivity index (χ0) is 22.7. The van der Waals surface area contributed by atoms with Crippen molar-refractivity contribution in [3.05, 3.63) is 70.9 Å². The molecule has 0 unspecified atom stereocenters. The largest absolute Gasteiger partial charge is 0.494 e. The number of rotatable bonds is 8. The summed E-state index contributed by atoms with van der Waals surface area (Å²) in [6.07, 6.45) is 0. The van der Waals surface area contributed by atoms with E-state index in [0.717, 1.165) is 11.3 Å². The van der Waals surface area contributed by atoms with Gasteiger partial charge in [-0.25, -0.2) is 17.5 Å². The number of sulfonamides is 1. The molecule has 2 aromatic heterocycles. The van der Waals surface area contributed by atoms with Gasteiger partial charge in [0.2, 0.25) is 15.8 Å². The van der Waals surface area contributed by atoms with E-state index in [-0.39, 0.29) is 23.1 Å². The second kappa shape index (κ2) is 9.19. The highest BCUT2D eigenvalue weighted by molar-refractivity contribution is 7.89. The lowest BCUT2D eigenvalue weighted by Crippen LogP contribution is -2.23. The van der Waals surface area contributed by atoms with Crippen molar-refractivity contribution in [3.63, 3.8) is 0 Å². The standard InChI is InChI=1S/C22H20FN3O4S2/c1-3-29-18-10-4-15(5-11-18)13-24-32(27,28)20-12-19(31-14(20)2)22-25-21(26-30-22)16-6-8-17(23)9-7-16/h4-12,24H,3,13H2,1-2H3. The van der Waals surface area contributed by atoms with Gasteiger partial charge < -0.3 is 9.26 Å². The fourth-order valence-electron chi connectivity index (χ4n) is 3.00. The molecule has 1 N–H and O–H groups in total. The lowest BCUT2D eigenvalue weighted by atomic mass is 10.2. The summed E-state index contributed by atoms with van der Waals surface area (Å²) in [5.74, 6) is 0.866. The summed E-state index contributed by atoms with van der Waals surface area (Å²) in [7, 11) is -3.75.